The number of ether oxygens (including phenoxy) is 3. The van der Waals surface area contributed by atoms with Crippen molar-refractivity contribution in [2.75, 3.05) is 32.2 Å². The van der Waals surface area contributed by atoms with Crippen LogP contribution in [0.15, 0.2) is 53.7 Å². The molecule has 6 rings (SSSR count). The number of benzene rings is 2. The van der Waals surface area contributed by atoms with Gasteiger partial charge in [0.2, 0.25) is 6.79 Å². The van der Waals surface area contributed by atoms with E-state index in [1.165, 1.54) is 11.1 Å². The van der Waals surface area contributed by atoms with Gasteiger partial charge in [0.1, 0.15) is 5.82 Å². The fourth-order valence-electron chi connectivity index (χ4n) is 5.21. The predicted molar refractivity (Wildman–Crippen MR) is 135 cm³/mol. The standard InChI is InChI=1S/C27H32N4O3S/c1-2-5-20(6-3-1)17-31-26(28-29-27(31)35-18-23-7-4-14-32-23)22-10-12-30(13-11-22)16-21-8-9-24-25(15-21)34-19-33-24/h1-3,5-6,8-9,15,22-23H,4,7,10-14,16-19H2/t23-/m0/s1. The number of fused-ring (bicyclic) bond motifs is 1. The van der Waals surface area contributed by atoms with E-state index >= 15 is 0 Å². The minimum absolute atomic E-state index is 0.321. The molecule has 0 saturated carbocycles. The van der Waals surface area contributed by atoms with Gasteiger partial charge in [-0.3, -0.25) is 4.90 Å². The van der Waals surface area contributed by atoms with Crippen molar-refractivity contribution < 1.29 is 14.2 Å². The lowest BCUT2D eigenvalue weighted by Gasteiger charge is -2.31. The van der Waals surface area contributed by atoms with Gasteiger partial charge in [-0.2, -0.15) is 0 Å². The van der Waals surface area contributed by atoms with Crippen molar-refractivity contribution in [1.29, 1.82) is 0 Å². The number of nitrogens with zero attached hydrogens (tertiary/aromatic N) is 4. The Balaban J connectivity index is 1.13. The maximum Gasteiger partial charge on any atom is 0.231 e. The molecule has 35 heavy (non-hydrogen) atoms. The normalized spacial score (nSPS) is 20.5. The minimum Gasteiger partial charge on any atom is -0.454 e. The molecule has 3 aromatic rings. The molecule has 0 bridgehead atoms. The molecule has 7 nitrogen and oxygen atoms in total. The molecule has 184 valence electrons. The Hall–Kier alpha value is -2.55. The summed E-state index contributed by atoms with van der Waals surface area (Å²) in [6, 6.07) is 16.9. The molecule has 0 spiro atoms. The predicted octanol–water partition coefficient (Wildman–Crippen LogP) is 4.71. The number of thioether (sulfide) groups is 1. The van der Waals surface area contributed by atoms with E-state index in [2.05, 4.69) is 57.0 Å². The van der Waals surface area contributed by atoms with Crippen LogP contribution in [-0.4, -0.2) is 58.0 Å². The Bertz CT molecular complexity index is 1120. The lowest BCUT2D eigenvalue weighted by molar-refractivity contribution is 0.129. The second-order valence-corrected chi connectivity index (χ2v) is 10.6. The van der Waals surface area contributed by atoms with E-state index in [1.54, 1.807) is 11.8 Å². The van der Waals surface area contributed by atoms with Crippen LogP contribution in [0.1, 0.15) is 48.6 Å². The van der Waals surface area contributed by atoms with Gasteiger partial charge < -0.3 is 18.8 Å². The Morgan fingerprint density at radius 2 is 1.74 bits per heavy atom. The number of piperidine rings is 1. The average molecular weight is 493 g/mol. The molecule has 2 saturated heterocycles. The van der Waals surface area contributed by atoms with Crippen molar-refractivity contribution in [2.45, 2.75) is 56.0 Å². The maximum atomic E-state index is 5.84. The first-order chi connectivity index (χ1) is 17.3. The Kier molecular flexibility index (Phi) is 6.93. The molecule has 2 fully saturated rings. The highest BCUT2D eigenvalue weighted by Gasteiger charge is 2.27. The zero-order valence-corrected chi connectivity index (χ0v) is 20.8. The van der Waals surface area contributed by atoms with Crippen LogP contribution in [0.2, 0.25) is 0 Å². The van der Waals surface area contributed by atoms with E-state index in [0.717, 1.165) is 86.7 Å². The van der Waals surface area contributed by atoms with E-state index in [1.807, 2.05) is 6.07 Å². The summed E-state index contributed by atoms with van der Waals surface area (Å²) in [6.07, 6.45) is 4.83. The summed E-state index contributed by atoms with van der Waals surface area (Å²) in [7, 11) is 0. The number of aromatic nitrogens is 3. The quantitative estimate of drug-likeness (QED) is 0.422. The molecular weight excluding hydrogens is 460 g/mol. The molecule has 2 aromatic carbocycles. The highest BCUT2D eigenvalue weighted by molar-refractivity contribution is 7.99. The van der Waals surface area contributed by atoms with Gasteiger partial charge in [0.25, 0.3) is 0 Å². The van der Waals surface area contributed by atoms with E-state index in [0.29, 0.717) is 18.8 Å². The molecule has 1 atom stereocenters. The van der Waals surface area contributed by atoms with Gasteiger partial charge in [-0.25, -0.2) is 0 Å². The summed E-state index contributed by atoms with van der Waals surface area (Å²) in [6.45, 7) is 5.06. The van der Waals surface area contributed by atoms with E-state index < -0.39 is 0 Å². The first kappa shape index (κ1) is 22.9. The number of likely N-dealkylation sites (tertiary alicyclic amines) is 1. The molecule has 3 aliphatic rings. The van der Waals surface area contributed by atoms with Crippen molar-refractivity contribution in [3.63, 3.8) is 0 Å². The van der Waals surface area contributed by atoms with Crippen LogP contribution in [0, 0.1) is 0 Å². The number of hydrogen-bond acceptors (Lipinski definition) is 7. The monoisotopic (exact) mass is 492 g/mol. The van der Waals surface area contributed by atoms with Gasteiger partial charge in [0.15, 0.2) is 16.7 Å². The topological polar surface area (TPSA) is 61.6 Å². The largest absolute Gasteiger partial charge is 0.454 e. The van der Waals surface area contributed by atoms with Crippen LogP contribution < -0.4 is 9.47 Å². The van der Waals surface area contributed by atoms with Crippen molar-refractivity contribution >= 4 is 11.8 Å². The smallest absolute Gasteiger partial charge is 0.231 e. The number of hydrogen-bond donors (Lipinski definition) is 0. The van der Waals surface area contributed by atoms with Crippen LogP contribution in [0.25, 0.3) is 0 Å². The first-order valence-corrected chi connectivity index (χ1v) is 13.6. The molecular formula is C27H32N4O3S. The van der Waals surface area contributed by atoms with Gasteiger partial charge in [0, 0.05) is 24.8 Å². The summed E-state index contributed by atoms with van der Waals surface area (Å²) in [4.78, 5) is 2.53. The summed E-state index contributed by atoms with van der Waals surface area (Å²) >= 11 is 1.79. The Morgan fingerprint density at radius 3 is 2.57 bits per heavy atom. The third-order valence-corrected chi connectivity index (χ3v) is 8.25. The second-order valence-electron chi connectivity index (χ2n) is 9.60. The molecule has 3 aliphatic heterocycles. The van der Waals surface area contributed by atoms with Crippen LogP contribution in [0.5, 0.6) is 11.5 Å². The fourth-order valence-corrected chi connectivity index (χ4v) is 6.22. The Morgan fingerprint density at radius 1 is 0.886 bits per heavy atom. The SMILES string of the molecule is c1ccc(Cn2c(SC[C@@H]3CCCO3)nnc2C2CCN(Cc3ccc4c(c3)OCO4)CC2)cc1. The fraction of sp³-hybridized carbons (Fsp3) is 0.481. The highest BCUT2D eigenvalue weighted by Crippen LogP contribution is 2.34. The summed E-state index contributed by atoms with van der Waals surface area (Å²) in [5.41, 5.74) is 2.56. The molecule has 8 heteroatoms. The minimum atomic E-state index is 0.321. The van der Waals surface area contributed by atoms with E-state index in [-0.39, 0.29) is 0 Å². The summed E-state index contributed by atoms with van der Waals surface area (Å²) in [5, 5.41) is 10.4. The number of rotatable bonds is 8. The lowest BCUT2D eigenvalue weighted by atomic mass is 9.95. The average Bonchev–Trinajstić information content (AvgIpc) is 3.65. The van der Waals surface area contributed by atoms with Crippen LogP contribution in [0.4, 0.5) is 0 Å². The molecule has 1 aromatic heterocycles. The summed E-state index contributed by atoms with van der Waals surface area (Å²) < 4.78 is 19.2. The summed E-state index contributed by atoms with van der Waals surface area (Å²) in [5.74, 6) is 4.21. The zero-order chi connectivity index (χ0) is 23.5. The Labute approximate surface area is 210 Å². The van der Waals surface area contributed by atoms with E-state index in [9.17, 15) is 0 Å². The van der Waals surface area contributed by atoms with Gasteiger partial charge in [-0.15, -0.1) is 10.2 Å². The molecule has 0 amide bonds. The maximum absolute atomic E-state index is 5.84. The lowest BCUT2D eigenvalue weighted by Crippen LogP contribution is -2.33. The third-order valence-electron chi connectivity index (χ3n) is 7.15. The van der Waals surface area contributed by atoms with E-state index in [4.69, 9.17) is 19.3 Å². The second kappa shape index (κ2) is 10.6. The van der Waals surface area contributed by atoms with Crippen LogP contribution in [0.3, 0.4) is 0 Å². The molecule has 0 N–H and O–H groups in total. The molecule has 0 unspecified atom stereocenters. The van der Waals surface area contributed by atoms with Crippen molar-refractivity contribution in [3.8, 4) is 11.5 Å². The van der Waals surface area contributed by atoms with Crippen LogP contribution in [-0.2, 0) is 17.8 Å². The molecule has 4 heterocycles. The first-order valence-electron chi connectivity index (χ1n) is 12.6. The van der Waals surface area contributed by atoms with Gasteiger partial charge in [-0.05, 0) is 62.0 Å². The van der Waals surface area contributed by atoms with Gasteiger partial charge in [-0.1, -0.05) is 48.2 Å². The third kappa shape index (κ3) is 5.34. The van der Waals surface area contributed by atoms with Crippen molar-refractivity contribution in [2.24, 2.45) is 0 Å². The van der Waals surface area contributed by atoms with Crippen molar-refractivity contribution in [3.05, 3.63) is 65.5 Å². The zero-order valence-electron chi connectivity index (χ0n) is 20.0. The van der Waals surface area contributed by atoms with Crippen LogP contribution >= 0.6 is 11.8 Å². The molecule has 0 radical (unpaired) electrons. The highest BCUT2D eigenvalue weighted by atomic mass is 32.2. The van der Waals surface area contributed by atoms with Gasteiger partial charge in [0.05, 0.1) is 12.6 Å². The molecule has 0 aliphatic carbocycles. The van der Waals surface area contributed by atoms with Crippen molar-refractivity contribution in [1.82, 2.24) is 19.7 Å². The van der Waals surface area contributed by atoms with Gasteiger partial charge >= 0.3 is 0 Å².